The number of nitrogen functional groups attached to an aromatic ring is 1. The quantitative estimate of drug-likeness (QED) is 0.188. The van der Waals surface area contributed by atoms with Gasteiger partial charge >= 0.3 is 0 Å². The average molecular weight is 516 g/mol. The number of anilines is 3. The highest BCUT2D eigenvalue weighted by molar-refractivity contribution is 5.51. The lowest BCUT2D eigenvalue weighted by atomic mass is 9.97. The first-order valence-corrected chi connectivity index (χ1v) is 14.2. The maximum Gasteiger partial charge on any atom is 0.226 e. The normalized spacial score (nSPS) is 15.3. The first-order chi connectivity index (χ1) is 18.1. The molecule has 3 rings (SSSR count). The maximum absolute atomic E-state index is 6.08. The minimum atomic E-state index is 0.475. The Hall–Kier alpha value is -2.50. The predicted molar refractivity (Wildman–Crippen MR) is 152 cm³/mol. The van der Waals surface area contributed by atoms with Gasteiger partial charge in [0.25, 0.3) is 0 Å². The van der Waals surface area contributed by atoms with Crippen molar-refractivity contribution in [2.75, 3.05) is 62.3 Å². The number of piperidine rings is 1. The van der Waals surface area contributed by atoms with Crippen LogP contribution in [-0.4, -0.2) is 77.3 Å². The van der Waals surface area contributed by atoms with E-state index < -0.39 is 0 Å². The zero-order valence-electron chi connectivity index (χ0n) is 23.2. The van der Waals surface area contributed by atoms with E-state index in [0.29, 0.717) is 24.4 Å². The second kappa shape index (κ2) is 16.4. The molecule has 0 saturated carbocycles. The number of hydrogen-bond donors (Lipinski definition) is 5. The molecule has 3 heterocycles. The molecule has 1 aliphatic rings. The fraction of sp³-hybridized carbons (Fsp3) is 0.769. The van der Waals surface area contributed by atoms with Gasteiger partial charge in [-0.15, -0.1) is 5.10 Å². The maximum atomic E-state index is 6.08. The van der Waals surface area contributed by atoms with Crippen molar-refractivity contribution in [1.82, 2.24) is 40.9 Å². The summed E-state index contributed by atoms with van der Waals surface area (Å²) in [6.07, 6.45) is 10.2. The third-order valence-corrected chi connectivity index (χ3v) is 7.01. The number of aromatic nitrogens is 5. The zero-order chi connectivity index (χ0) is 26.3. The summed E-state index contributed by atoms with van der Waals surface area (Å²) in [6.45, 7) is 12.0. The van der Waals surface area contributed by atoms with Gasteiger partial charge in [-0.2, -0.15) is 9.97 Å². The molecule has 1 atom stereocenters. The number of nitrogens with one attached hydrogen (secondary N) is 4. The summed E-state index contributed by atoms with van der Waals surface area (Å²) in [5.74, 6) is 2.61. The van der Waals surface area contributed by atoms with Crippen LogP contribution in [0.2, 0.25) is 0 Å². The van der Waals surface area contributed by atoms with E-state index in [-0.39, 0.29) is 0 Å². The second-order valence-corrected chi connectivity index (χ2v) is 10.1. The SMILES string of the molecule is CCCC(CC)NCCCNCCCn1cc(CNc2nc(N)cc(N3CCC(CNC)CC3)n2)nn1. The molecule has 0 aromatic carbocycles. The number of aryl methyl sites for hydroxylation is 1. The van der Waals surface area contributed by atoms with Crippen LogP contribution in [0.25, 0.3) is 0 Å². The molecule has 11 nitrogen and oxygen atoms in total. The molecule has 0 aliphatic carbocycles. The van der Waals surface area contributed by atoms with Gasteiger partial charge < -0.3 is 31.9 Å². The van der Waals surface area contributed by atoms with E-state index in [4.69, 9.17) is 10.7 Å². The lowest BCUT2D eigenvalue weighted by Crippen LogP contribution is -2.37. The second-order valence-electron chi connectivity index (χ2n) is 10.1. The van der Waals surface area contributed by atoms with Gasteiger partial charge in [0.1, 0.15) is 17.3 Å². The van der Waals surface area contributed by atoms with Gasteiger partial charge in [-0.1, -0.05) is 25.5 Å². The molecule has 1 fully saturated rings. The van der Waals surface area contributed by atoms with E-state index in [9.17, 15) is 0 Å². The highest BCUT2D eigenvalue weighted by Gasteiger charge is 2.20. The minimum Gasteiger partial charge on any atom is -0.383 e. The van der Waals surface area contributed by atoms with Gasteiger partial charge in [0.15, 0.2) is 0 Å². The summed E-state index contributed by atoms with van der Waals surface area (Å²) in [6, 6.07) is 2.53. The van der Waals surface area contributed by atoms with Crippen LogP contribution >= 0.6 is 0 Å². The summed E-state index contributed by atoms with van der Waals surface area (Å²) in [5.41, 5.74) is 6.94. The molecule has 0 bridgehead atoms. The van der Waals surface area contributed by atoms with Crippen LogP contribution in [-0.2, 0) is 13.1 Å². The van der Waals surface area contributed by atoms with Gasteiger partial charge in [0.2, 0.25) is 5.95 Å². The van der Waals surface area contributed by atoms with E-state index >= 15 is 0 Å². The third-order valence-electron chi connectivity index (χ3n) is 7.01. The van der Waals surface area contributed by atoms with Crippen molar-refractivity contribution in [2.24, 2.45) is 5.92 Å². The Morgan fingerprint density at radius 3 is 2.68 bits per heavy atom. The Morgan fingerprint density at radius 2 is 1.92 bits per heavy atom. The fourth-order valence-corrected chi connectivity index (χ4v) is 4.86. The van der Waals surface area contributed by atoms with Gasteiger partial charge in [0, 0.05) is 31.7 Å². The standard InChI is InChI=1S/C26H49N11/c1-4-8-22(5-2)30-13-6-11-29-12-7-14-37-20-23(34-35-37)19-31-26-32-24(27)17-25(33-26)36-15-9-21(10-16-36)18-28-3/h17,20-22,28-30H,4-16,18-19H2,1-3H3,(H3,27,31,32,33). The topological polar surface area (TPSA) is 134 Å². The van der Waals surface area contributed by atoms with Crippen molar-refractivity contribution >= 4 is 17.6 Å². The number of nitrogens with zero attached hydrogens (tertiary/aromatic N) is 6. The molecule has 2 aromatic rings. The van der Waals surface area contributed by atoms with Crippen molar-refractivity contribution in [1.29, 1.82) is 0 Å². The average Bonchev–Trinajstić information content (AvgIpc) is 3.36. The summed E-state index contributed by atoms with van der Waals surface area (Å²) < 4.78 is 1.90. The van der Waals surface area contributed by atoms with Crippen LogP contribution in [0.15, 0.2) is 12.3 Å². The molecule has 0 spiro atoms. The van der Waals surface area contributed by atoms with E-state index in [1.165, 1.54) is 19.3 Å². The Labute approximate surface area is 222 Å². The molecular weight excluding hydrogens is 466 g/mol. The molecule has 0 radical (unpaired) electrons. The van der Waals surface area contributed by atoms with Crippen LogP contribution in [0, 0.1) is 5.92 Å². The Bertz CT molecular complexity index is 879. The van der Waals surface area contributed by atoms with Gasteiger partial charge in [-0.25, -0.2) is 0 Å². The highest BCUT2D eigenvalue weighted by Crippen LogP contribution is 2.23. The number of rotatable bonds is 18. The van der Waals surface area contributed by atoms with E-state index in [1.807, 2.05) is 24.0 Å². The van der Waals surface area contributed by atoms with Gasteiger partial charge in [-0.3, -0.25) is 4.68 Å². The Morgan fingerprint density at radius 1 is 1.11 bits per heavy atom. The Balaban J connectivity index is 1.33. The molecule has 1 aliphatic heterocycles. The lowest BCUT2D eigenvalue weighted by Gasteiger charge is -2.32. The fourth-order valence-electron chi connectivity index (χ4n) is 4.86. The molecule has 37 heavy (non-hydrogen) atoms. The van der Waals surface area contributed by atoms with Crippen molar-refractivity contribution in [3.63, 3.8) is 0 Å². The number of nitrogens with two attached hydrogens (primary N) is 1. The molecule has 208 valence electrons. The largest absolute Gasteiger partial charge is 0.383 e. The molecule has 6 N–H and O–H groups in total. The summed E-state index contributed by atoms with van der Waals surface area (Å²) in [7, 11) is 2.02. The van der Waals surface area contributed by atoms with Crippen LogP contribution in [0.5, 0.6) is 0 Å². The Kier molecular flexibility index (Phi) is 12.9. The zero-order valence-corrected chi connectivity index (χ0v) is 23.2. The molecule has 2 aromatic heterocycles. The smallest absolute Gasteiger partial charge is 0.226 e. The molecule has 11 heteroatoms. The van der Waals surface area contributed by atoms with Crippen LogP contribution in [0.4, 0.5) is 17.6 Å². The van der Waals surface area contributed by atoms with Crippen LogP contribution < -0.4 is 31.9 Å². The van der Waals surface area contributed by atoms with Crippen LogP contribution in [0.1, 0.15) is 64.5 Å². The monoisotopic (exact) mass is 515 g/mol. The van der Waals surface area contributed by atoms with Gasteiger partial charge in [-0.05, 0) is 77.7 Å². The number of hydrogen-bond acceptors (Lipinski definition) is 10. The predicted octanol–water partition coefficient (Wildman–Crippen LogP) is 2.24. The summed E-state index contributed by atoms with van der Waals surface area (Å²) in [5, 5.41) is 22.3. The molecule has 1 unspecified atom stereocenters. The van der Waals surface area contributed by atoms with E-state index in [2.05, 4.69) is 55.3 Å². The highest BCUT2D eigenvalue weighted by atomic mass is 15.4. The van der Waals surface area contributed by atoms with Crippen molar-refractivity contribution in [3.05, 3.63) is 18.0 Å². The lowest BCUT2D eigenvalue weighted by molar-refractivity contribution is 0.392. The van der Waals surface area contributed by atoms with Crippen molar-refractivity contribution in [2.45, 2.75) is 77.9 Å². The first kappa shape index (κ1) is 29.1. The first-order valence-electron chi connectivity index (χ1n) is 14.2. The summed E-state index contributed by atoms with van der Waals surface area (Å²) >= 11 is 0. The molecular formula is C26H49N11. The van der Waals surface area contributed by atoms with Gasteiger partial charge in [0.05, 0.1) is 12.7 Å². The van der Waals surface area contributed by atoms with E-state index in [1.54, 1.807) is 0 Å². The summed E-state index contributed by atoms with van der Waals surface area (Å²) in [4.78, 5) is 11.4. The molecule has 1 saturated heterocycles. The van der Waals surface area contributed by atoms with Crippen LogP contribution in [0.3, 0.4) is 0 Å². The van der Waals surface area contributed by atoms with Crippen molar-refractivity contribution < 1.29 is 0 Å². The molecule has 0 amide bonds. The third kappa shape index (κ3) is 10.4. The minimum absolute atomic E-state index is 0.475. The van der Waals surface area contributed by atoms with Crippen molar-refractivity contribution in [3.8, 4) is 0 Å². The van der Waals surface area contributed by atoms with E-state index in [0.717, 1.165) is 88.9 Å².